The van der Waals surface area contributed by atoms with Crippen LogP contribution in [0.25, 0.3) is 6.08 Å². The Morgan fingerprint density at radius 3 is 2.32 bits per heavy atom. The fourth-order valence-electron chi connectivity index (χ4n) is 2.19. The van der Waals surface area contributed by atoms with Crippen molar-refractivity contribution in [2.45, 2.75) is 25.9 Å². The quantitative estimate of drug-likeness (QED) is 0.588. The molecule has 0 aromatic heterocycles. The second kappa shape index (κ2) is 10.1. The van der Waals surface area contributed by atoms with Crippen molar-refractivity contribution in [1.29, 1.82) is 0 Å². The van der Waals surface area contributed by atoms with Crippen molar-refractivity contribution in [3.63, 3.8) is 0 Å². The third-order valence-corrected chi connectivity index (χ3v) is 3.59. The van der Waals surface area contributed by atoms with E-state index in [0.717, 1.165) is 18.4 Å². The molecule has 0 radical (unpaired) electrons. The van der Waals surface area contributed by atoms with Gasteiger partial charge < -0.3 is 10.1 Å². The number of ether oxygens (including phenoxy) is 1. The van der Waals surface area contributed by atoms with E-state index in [1.807, 2.05) is 43.3 Å². The predicted molar refractivity (Wildman–Crippen MR) is 99.0 cm³/mol. The van der Waals surface area contributed by atoms with Crippen molar-refractivity contribution >= 4 is 18.0 Å². The van der Waals surface area contributed by atoms with Gasteiger partial charge >= 0.3 is 5.97 Å². The van der Waals surface area contributed by atoms with Crippen LogP contribution >= 0.6 is 0 Å². The smallest absolute Gasteiger partial charge is 0.339 e. The highest BCUT2D eigenvalue weighted by molar-refractivity contribution is 5.93. The molecule has 25 heavy (non-hydrogen) atoms. The molecule has 0 bridgehead atoms. The molecule has 2 aromatic carbocycles. The Morgan fingerprint density at radius 1 is 1.04 bits per heavy atom. The van der Waals surface area contributed by atoms with Crippen molar-refractivity contribution in [2.75, 3.05) is 6.54 Å². The third kappa shape index (κ3) is 6.26. The molecular formula is C21H23NO3. The lowest BCUT2D eigenvalue weighted by atomic mass is 10.1. The maximum Gasteiger partial charge on any atom is 0.339 e. The third-order valence-electron chi connectivity index (χ3n) is 3.59. The maximum atomic E-state index is 12.4. The van der Waals surface area contributed by atoms with Crippen molar-refractivity contribution in [3.8, 4) is 0 Å². The molecule has 130 valence electrons. The Labute approximate surface area is 148 Å². The van der Waals surface area contributed by atoms with Crippen LogP contribution in [0, 0.1) is 0 Å². The minimum Gasteiger partial charge on any atom is -0.444 e. The Kier molecular flexibility index (Phi) is 7.44. The summed E-state index contributed by atoms with van der Waals surface area (Å²) in [6.45, 7) is 2.61. The summed E-state index contributed by atoms with van der Waals surface area (Å²) in [5.41, 5.74) is 1.35. The number of esters is 1. The fourth-order valence-corrected chi connectivity index (χ4v) is 2.19. The SMILES string of the molecule is CCCCNC(=O)C(/C=C/c1ccccc1)OC(=O)c1ccccc1. The molecule has 1 atom stereocenters. The fraction of sp³-hybridized carbons (Fsp3) is 0.238. The van der Waals surface area contributed by atoms with Crippen LogP contribution in [-0.2, 0) is 9.53 Å². The van der Waals surface area contributed by atoms with Crippen LogP contribution in [0.4, 0.5) is 0 Å². The van der Waals surface area contributed by atoms with Gasteiger partial charge in [-0.1, -0.05) is 68.0 Å². The topological polar surface area (TPSA) is 55.4 Å². The van der Waals surface area contributed by atoms with E-state index in [4.69, 9.17) is 4.74 Å². The zero-order valence-electron chi connectivity index (χ0n) is 14.4. The number of carbonyl (C=O) groups excluding carboxylic acids is 2. The summed E-state index contributed by atoms with van der Waals surface area (Å²) in [5, 5.41) is 2.81. The van der Waals surface area contributed by atoms with Gasteiger partial charge in [0.15, 0.2) is 6.10 Å². The minimum absolute atomic E-state index is 0.315. The van der Waals surface area contributed by atoms with Gasteiger partial charge in [-0.15, -0.1) is 0 Å². The van der Waals surface area contributed by atoms with Crippen LogP contribution in [0.3, 0.4) is 0 Å². The molecule has 1 unspecified atom stereocenters. The minimum atomic E-state index is -0.968. The van der Waals surface area contributed by atoms with Crippen LogP contribution < -0.4 is 5.32 Å². The summed E-state index contributed by atoms with van der Waals surface area (Å²) in [7, 11) is 0. The summed E-state index contributed by atoms with van der Waals surface area (Å²) in [6, 6.07) is 18.2. The van der Waals surface area contributed by atoms with Crippen LogP contribution in [0.5, 0.6) is 0 Å². The summed E-state index contributed by atoms with van der Waals surface area (Å²) < 4.78 is 5.41. The van der Waals surface area contributed by atoms with E-state index in [-0.39, 0.29) is 5.91 Å². The van der Waals surface area contributed by atoms with Gasteiger partial charge in [0, 0.05) is 6.54 Å². The van der Waals surface area contributed by atoms with E-state index >= 15 is 0 Å². The second-order valence-electron chi connectivity index (χ2n) is 5.61. The number of amides is 1. The van der Waals surface area contributed by atoms with E-state index in [0.29, 0.717) is 12.1 Å². The lowest BCUT2D eigenvalue weighted by Gasteiger charge is -2.14. The van der Waals surface area contributed by atoms with Crippen molar-refractivity contribution < 1.29 is 14.3 Å². The zero-order valence-corrected chi connectivity index (χ0v) is 14.4. The van der Waals surface area contributed by atoms with E-state index in [1.54, 1.807) is 36.4 Å². The zero-order chi connectivity index (χ0) is 17.9. The Hall–Kier alpha value is -2.88. The number of carbonyl (C=O) groups is 2. The van der Waals surface area contributed by atoms with Crippen LogP contribution in [0.2, 0.25) is 0 Å². The lowest BCUT2D eigenvalue weighted by Crippen LogP contribution is -2.37. The van der Waals surface area contributed by atoms with Crippen molar-refractivity contribution in [3.05, 3.63) is 77.9 Å². The van der Waals surface area contributed by atoms with E-state index < -0.39 is 12.1 Å². The molecule has 0 spiro atoms. The lowest BCUT2D eigenvalue weighted by molar-refractivity contribution is -0.127. The summed E-state index contributed by atoms with van der Waals surface area (Å²) in [5.74, 6) is -0.834. The molecule has 1 amide bonds. The largest absolute Gasteiger partial charge is 0.444 e. The second-order valence-corrected chi connectivity index (χ2v) is 5.61. The number of nitrogens with one attached hydrogen (secondary N) is 1. The Balaban J connectivity index is 2.09. The highest BCUT2D eigenvalue weighted by Gasteiger charge is 2.20. The molecule has 2 rings (SSSR count). The number of hydrogen-bond acceptors (Lipinski definition) is 3. The van der Waals surface area contributed by atoms with Gasteiger partial charge in [-0.25, -0.2) is 4.79 Å². The van der Waals surface area contributed by atoms with E-state index in [9.17, 15) is 9.59 Å². The molecule has 0 saturated carbocycles. The van der Waals surface area contributed by atoms with Gasteiger partial charge in [-0.05, 0) is 30.2 Å². The van der Waals surface area contributed by atoms with E-state index in [1.165, 1.54) is 0 Å². The number of benzene rings is 2. The van der Waals surface area contributed by atoms with Crippen molar-refractivity contribution in [2.24, 2.45) is 0 Å². The molecule has 0 saturated heterocycles. The van der Waals surface area contributed by atoms with E-state index in [2.05, 4.69) is 5.32 Å². The molecule has 0 aliphatic rings. The molecule has 1 N–H and O–H groups in total. The predicted octanol–water partition coefficient (Wildman–Crippen LogP) is 3.84. The van der Waals surface area contributed by atoms with Gasteiger partial charge in [-0.3, -0.25) is 4.79 Å². The number of rotatable bonds is 8. The first kappa shape index (κ1) is 18.5. The molecule has 2 aromatic rings. The van der Waals surface area contributed by atoms with Crippen LogP contribution in [0.1, 0.15) is 35.7 Å². The maximum absolute atomic E-state index is 12.4. The molecule has 0 heterocycles. The first-order valence-corrected chi connectivity index (χ1v) is 8.47. The van der Waals surface area contributed by atoms with Gasteiger partial charge in [0.25, 0.3) is 5.91 Å². The Bertz CT molecular complexity index is 696. The average molecular weight is 337 g/mol. The van der Waals surface area contributed by atoms with Crippen LogP contribution in [0.15, 0.2) is 66.7 Å². The molecule has 0 aliphatic carbocycles. The monoisotopic (exact) mass is 337 g/mol. The normalized spacial score (nSPS) is 11.9. The molecule has 0 aliphatic heterocycles. The summed E-state index contributed by atoms with van der Waals surface area (Å²) in [4.78, 5) is 24.6. The summed E-state index contributed by atoms with van der Waals surface area (Å²) in [6.07, 6.45) is 4.28. The highest BCUT2D eigenvalue weighted by atomic mass is 16.5. The van der Waals surface area contributed by atoms with Gasteiger partial charge in [0.1, 0.15) is 0 Å². The first-order valence-electron chi connectivity index (χ1n) is 8.47. The standard InChI is InChI=1S/C21H23NO3/c1-2-3-16-22-20(23)19(15-14-17-10-6-4-7-11-17)25-21(24)18-12-8-5-9-13-18/h4-15,19H,2-3,16H2,1H3,(H,22,23)/b15-14+. The Morgan fingerprint density at radius 2 is 1.68 bits per heavy atom. The molecule has 0 fully saturated rings. The van der Waals surface area contributed by atoms with Gasteiger partial charge in [0.2, 0.25) is 0 Å². The van der Waals surface area contributed by atoms with Crippen molar-refractivity contribution in [1.82, 2.24) is 5.32 Å². The van der Waals surface area contributed by atoms with Crippen LogP contribution in [-0.4, -0.2) is 24.5 Å². The highest BCUT2D eigenvalue weighted by Crippen LogP contribution is 2.08. The molecule has 4 nitrogen and oxygen atoms in total. The molecular weight excluding hydrogens is 314 g/mol. The first-order chi connectivity index (χ1) is 12.2. The number of hydrogen-bond donors (Lipinski definition) is 1. The van der Waals surface area contributed by atoms with Gasteiger partial charge in [-0.2, -0.15) is 0 Å². The average Bonchev–Trinajstić information content (AvgIpc) is 2.66. The number of unbranched alkanes of at least 4 members (excludes halogenated alkanes) is 1. The molecule has 4 heteroatoms. The summed E-state index contributed by atoms with van der Waals surface area (Å²) >= 11 is 0. The van der Waals surface area contributed by atoms with Gasteiger partial charge in [0.05, 0.1) is 5.56 Å².